The molecule has 5 heteroatoms. The highest BCUT2D eigenvalue weighted by molar-refractivity contribution is 7.86. The number of aryl methyl sites for hydroxylation is 1. The van der Waals surface area contributed by atoms with E-state index in [9.17, 15) is 8.42 Å². The van der Waals surface area contributed by atoms with E-state index in [1.165, 1.54) is 0 Å². The Balaban J connectivity index is 2.14. The van der Waals surface area contributed by atoms with Crippen molar-refractivity contribution < 1.29 is 17.3 Å². The third-order valence-corrected chi connectivity index (χ3v) is 3.83. The molecule has 1 atom stereocenters. The van der Waals surface area contributed by atoms with Crippen LogP contribution in [0, 0.1) is 0 Å². The van der Waals surface area contributed by atoms with Crippen molar-refractivity contribution in [1.29, 1.82) is 0 Å². The monoisotopic (exact) mass is 242 g/mol. The first-order valence-electron chi connectivity index (χ1n) is 5.25. The first kappa shape index (κ1) is 11.6. The van der Waals surface area contributed by atoms with Crippen molar-refractivity contribution in [3.63, 3.8) is 0 Å². The second-order valence-corrected chi connectivity index (χ2v) is 5.21. The largest absolute Gasteiger partial charge is 0.351 e. The SMILES string of the molecule is CCc1ccc(S(=O)(=O)OC2CCO2)cc1. The summed E-state index contributed by atoms with van der Waals surface area (Å²) >= 11 is 0. The van der Waals surface area contributed by atoms with Gasteiger partial charge >= 0.3 is 0 Å². The van der Waals surface area contributed by atoms with Crippen LogP contribution in [0.5, 0.6) is 0 Å². The van der Waals surface area contributed by atoms with Crippen molar-refractivity contribution >= 4 is 10.1 Å². The van der Waals surface area contributed by atoms with Gasteiger partial charge in [0, 0.05) is 6.42 Å². The second-order valence-electron chi connectivity index (χ2n) is 3.64. The minimum Gasteiger partial charge on any atom is -0.351 e. The molecule has 1 aliphatic heterocycles. The Hall–Kier alpha value is -0.910. The summed E-state index contributed by atoms with van der Waals surface area (Å²) in [4.78, 5) is 0.181. The zero-order valence-corrected chi connectivity index (χ0v) is 9.87. The lowest BCUT2D eigenvalue weighted by Crippen LogP contribution is -2.31. The average molecular weight is 242 g/mol. The van der Waals surface area contributed by atoms with Gasteiger partial charge in [0.2, 0.25) is 0 Å². The Morgan fingerprint density at radius 1 is 1.38 bits per heavy atom. The maximum Gasteiger partial charge on any atom is 0.299 e. The van der Waals surface area contributed by atoms with Crippen LogP contribution in [0.1, 0.15) is 18.9 Å². The molecule has 1 fully saturated rings. The fourth-order valence-corrected chi connectivity index (χ4v) is 2.39. The van der Waals surface area contributed by atoms with E-state index in [0.717, 1.165) is 12.0 Å². The predicted octanol–water partition coefficient (Wildman–Crippen LogP) is 1.70. The molecule has 1 aliphatic rings. The third-order valence-electron chi connectivity index (χ3n) is 2.51. The minimum absolute atomic E-state index is 0.181. The molecule has 1 heterocycles. The van der Waals surface area contributed by atoms with Crippen LogP contribution in [0.4, 0.5) is 0 Å². The van der Waals surface area contributed by atoms with Gasteiger partial charge < -0.3 is 4.74 Å². The zero-order chi connectivity index (χ0) is 11.6. The molecule has 0 radical (unpaired) electrons. The predicted molar refractivity (Wildman–Crippen MR) is 58.4 cm³/mol. The normalized spacial score (nSPS) is 20.4. The van der Waals surface area contributed by atoms with Gasteiger partial charge in [0.1, 0.15) is 0 Å². The lowest BCUT2D eigenvalue weighted by molar-refractivity contribution is -0.162. The van der Waals surface area contributed by atoms with E-state index in [2.05, 4.69) is 0 Å². The second kappa shape index (κ2) is 4.53. The van der Waals surface area contributed by atoms with E-state index >= 15 is 0 Å². The topological polar surface area (TPSA) is 52.6 Å². The lowest BCUT2D eigenvalue weighted by atomic mass is 10.2. The maximum atomic E-state index is 11.7. The minimum atomic E-state index is -3.67. The summed E-state index contributed by atoms with van der Waals surface area (Å²) in [7, 11) is -3.67. The van der Waals surface area contributed by atoms with Crippen molar-refractivity contribution in [3.8, 4) is 0 Å². The van der Waals surface area contributed by atoms with E-state index in [4.69, 9.17) is 8.92 Å². The van der Waals surface area contributed by atoms with Gasteiger partial charge in [-0.15, -0.1) is 0 Å². The van der Waals surface area contributed by atoms with Crippen molar-refractivity contribution in [2.75, 3.05) is 6.61 Å². The maximum absolute atomic E-state index is 11.7. The Kier molecular flexibility index (Phi) is 3.28. The number of benzene rings is 1. The number of hydrogen-bond donors (Lipinski definition) is 0. The van der Waals surface area contributed by atoms with Crippen LogP contribution in [0.15, 0.2) is 29.2 Å². The first-order chi connectivity index (χ1) is 7.62. The van der Waals surface area contributed by atoms with Crippen LogP contribution < -0.4 is 0 Å². The van der Waals surface area contributed by atoms with Gasteiger partial charge in [-0.2, -0.15) is 8.42 Å². The van der Waals surface area contributed by atoms with Crippen molar-refractivity contribution in [3.05, 3.63) is 29.8 Å². The van der Waals surface area contributed by atoms with E-state index in [1.807, 2.05) is 6.92 Å². The van der Waals surface area contributed by atoms with Gasteiger partial charge in [0.15, 0.2) is 6.29 Å². The van der Waals surface area contributed by atoms with Crippen molar-refractivity contribution in [2.45, 2.75) is 31.0 Å². The highest BCUT2D eigenvalue weighted by atomic mass is 32.2. The summed E-state index contributed by atoms with van der Waals surface area (Å²) in [6.07, 6.45) is 0.912. The molecule has 0 amide bonds. The van der Waals surface area contributed by atoms with Gasteiger partial charge in [-0.3, -0.25) is 0 Å². The molecule has 1 aromatic rings. The summed E-state index contributed by atoms with van der Waals surface area (Å²) in [6, 6.07) is 6.70. The average Bonchev–Trinajstić information content (AvgIpc) is 2.24. The third kappa shape index (κ3) is 2.42. The van der Waals surface area contributed by atoms with E-state index in [1.54, 1.807) is 24.3 Å². The summed E-state index contributed by atoms with van der Waals surface area (Å²) in [5.41, 5.74) is 1.10. The quantitative estimate of drug-likeness (QED) is 0.754. The first-order valence-corrected chi connectivity index (χ1v) is 6.66. The van der Waals surface area contributed by atoms with E-state index < -0.39 is 16.4 Å². The molecule has 0 bridgehead atoms. The summed E-state index contributed by atoms with van der Waals surface area (Å²) in [6.45, 7) is 2.58. The Morgan fingerprint density at radius 3 is 2.44 bits per heavy atom. The number of rotatable bonds is 4. The Morgan fingerprint density at radius 2 is 2.00 bits per heavy atom. The van der Waals surface area contributed by atoms with Gasteiger partial charge in [-0.1, -0.05) is 19.1 Å². The molecule has 0 N–H and O–H groups in total. The molecule has 1 unspecified atom stereocenters. The molecule has 0 aromatic heterocycles. The Labute approximate surface area is 95.3 Å². The highest BCUT2D eigenvalue weighted by Gasteiger charge is 2.27. The summed E-state index contributed by atoms with van der Waals surface area (Å²) in [5.74, 6) is 0. The Bertz CT molecular complexity index is 445. The van der Waals surface area contributed by atoms with Crippen LogP contribution in [0.3, 0.4) is 0 Å². The smallest absolute Gasteiger partial charge is 0.299 e. The standard InChI is InChI=1S/C11H14O4S/c1-2-9-3-5-10(6-4-9)16(12,13)15-11-7-8-14-11/h3-6,11H,2,7-8H2,1H3. The molecule has 4 nitrogen and oxygen atoms in total. The van der Waals surface area contributed by atoms with Crippen LogP contribution in [0.25, 0.3) is 0 Å². The molecule has 1 aromatic carbocycles. The molecule has 16 heavy (non-hydrogen) atoms. The molecular formula is C11H14O4S. The molecule has 1 saturated heterocycles. The van der Waals surface area contributed by atoms with Crippen LogP contribution in [0.2, 0.25) is 0 Å². The molecular weight excluding hydrogens is 228 g/mol. The van der Waals surface area contributed by atoms with E-state index in [-0.39, 0.29) is 4.90 Å². The fourth-order valence-electron chi connectivity index (χ4n) is 1.38. The molecule has 0 aliphatic carbocycles. The van der Waals surface area contributed by atoms with Gasteiger partial charge in [0.05, 0.1) is 11.5 Å². The zero-order valence-electron chi connectivity index (χ0n) is 9.05. The van der Waals surface area contributed by atoms with Gasteiger partial charge in [-0.25, -0.2) is 4.18 Å². The van der Waals surface area contributed by atoms with Crippen LogP contribution in [-0.4, -0.2) is 21.3 Å². The highest BCUT2D eigenvalue weighted by Crippen LogP contribution is 2.20. The molecule has 0 spiro atoms. The molecule has 0 saturated carbocycles. The summed E-state index contributed by atoms with van der Waals surface area (Å²) in [5, 5.41) is 0. The van der Waals surface area contributed by atoms with Crippen molar-refractivity contribution in [1.82, 2.24) is 0 Å². The van der Waals surface area contributed by atoms with Crippen LogP contribution >= 0.6 is 0 Å². The van der Waals surface area contributed by atoms with Crippen molar-refractivity contribution in [2.24, 2.45) is 0 Å². The van der Waals surface area contributed by atoms with Gasteiger partial charge in [0.25, 0.3) is 10.1 Å². The fraction of sp³-hybridized carbons (Fsp3) is 0.455. The lowest BCUT2D eigenvalue weighted by Gasteiger charge is -2.25. The number of hydrogen-bond acceptors (Lipinski definition) is 4. The number of ether oxygens (including phenoxy) is 1. The molecule has 88 valence electrons. The summed E-state index contributed by atoms with van der Waals surface area (Å²) < 4.78 is 33.3. The van der Waals surface area contributed by atoms with Crippen LogP contribution in [-0.2, 0) is 25.5 Å². The van der Waals surface area contributed by atoms with Gasteiger partial charge in [-0.05, 0) is 24.1 Å². The van der Waals surface area contributed by atoms with E-state index in [0.29, 0.717) is 13.0 Å². The molecule has 2 rings (SSSR count).